The van der Waals surface area contributed by atoms with Gasteiger partial charge in [0, 0.05) is 18.2 Å². The predicted molar refractivity (Wildman–Crippen MR) is 73.9 cm³/mol. The van der Waals surface area contributed by atoms with Gasteiger partial charge in [-0.2, -0.15) is 0 Å². The predicted octanol–water partition coefficient (Wildman–Crippen LogP) is 2.02. The Morgan fingerprint density at radius 2 is 1.90 bits per heavy atom. The number of aliphatic carboxylic acids is 1. The van der Waals surface area contributed by atoms with E-state index in [0.29, 0.717) is 17.7 Å². The second kappa shape index (κ2) is 5.94. The zero-order valence-corrected chi connectivity index (χ0v) is 11.7. The zero-order valence-electron chi connectivity index (χ0n) is 11.7. The number of methoxy groups -OCH3 is 1. The number of carbonyl (C=O) groups excluding carboxylic acids is 1. The fourth-order valence-corrected chi connectivity index (χ4v) is 2.49. The van der Waals surface area contributed by atoms with Crippen molar-refractivity contribution in [1.29, 1.82) is 0 Å². The van der Waals surface area contributed by atoms with Gasteiger partial charge in [-0.3, -0.25) is 9.59 Å². The van der Waals surface area contributed by atoms with Gasteiger partial charge in [0.05, 0.1) is 13.0 Å². The third-order valence-electron chi connectivity index (χ3n) is 3.83. The Hall–Kier alpha value is -2.04. The second-order valence-electron chi connectivity index (χ2n) is 5.15. The van der Waals surface area contributed by atoms with E-state index in [1.165, 1.54) is 0 Å². The maximum atomic E-state index is 12.5. The fourth-order valence-electron chi connectivity index (χ4n) is 2.49. The first-order chi connectivity index (χ1) is 9.52. The molecule has 2 atom stereocenters. The first-order valence-electron chi connectivity index (χ1n) is 6.70. The van der Waals surface area contributed by atoms with E-state index in [4.69, 9.17) is 9.84 Å². The average Bonchev–Trinajstić information content (AvgIpc) is 2.47. The topological polar surface area (TPSA) is 66.8 Å². The summed E-state index contributed by atoms with van der Waals surface area (Å²) in [6.45, 7) is 2.24. The van der Waals surface area contributed by atoms with Crippen LogP contribution in [0.3, 0.4) is 0 Å². The number of hydrogen-bond donors (Lipinski definition) is 1. The summed E-state index contributed by atoms with van der Waals surface area (Å²) in [5.74, 6) is -0.722. The number of benzene rings is 1. The summed E-state index contributed by atoms with van der Waals surface area (Å²) in [6, 6.07) is 6.95. The van der Waals surface area contributed by atoms with Crippen LogP contribution in [-0.4, -0.2) is 41.6 Å². The van der Waals surface area contributed by atoms with Crippen molar-refractivity contribution in [3.05, 3.63) is 29.8 Å². The highest BCUT2D eigenvalue weighted by Crippen LogP contribution is 2.24. The maximum Gasteiger partial charge on any atom is 0.308 e. The molecular weight excluding hydrogens is 258 g/mol. The van der Waals surface area contributed by atoms with Gasteiger partial charge in [0.25, 0.3) is 5.91 Å². The van der Waals surface area contributed by atoms with Gasteiger partial charge in [0.1, 0.15) is 5.75 Å². The molecule has 5 heteroatoms. The molecule has 1 amide bonds. The Balaban J connectivity index is 2.15. The Morgan fingerprint density at radius 3 is 2.45 bits per heavy atom. The molecule has 2 rings (SSSR count). The molecule has 0 bridgehead atoms. The molecule has 0 saturated carbocycles. The lowest BCUT2D eigenvalue weighted by Crippen LogP contribution is -2.47. The number of carbonyl (C=O) groups is 2. The third-order valence-corrected chi connectivity index (χ3v) is 3.83. The monoisotopic (exact) mass is 277 g/mol. The van der Waals surface area contributed by atoms with Crippen LogP contribution in [0.4, 0.5) is 0 Å². The number of carboxylic acids is 1. The molecule has 1 heterocycles. The number of rotatable bonds is 3. The van der Waals surface area contributed by atoms with Gasteiger partial charge < -0.3 is 14.7 Å². The standard InChI is InChI=1S/C15H19NO4/c1-10-3-4-12(15(18)19)9-16(10)14(17)11-5-7-13(20-2)8-6-11/h5-8,10,12H,3-4,9H2,1-2H3,(H,18,19). The smallest absolute Gasteiger partial charge is 0.308 e. The molecule has 1 N–H and O–H groups in total. The molecule has 0 aliphatic carbocycles. The van der Waals surface area contributed by atoms with Crippen LogP contribution in [0.15, 0.2) is 24.3 Å². The van der Waals surface area contributed by atoms with Gasteiger partial charge in [0.15, 0.2) is 0 Å². The number of likely N-dealkylation sites (tertiary alicyclic amines) is 1. The molecule has 0 radical (unpaired) electrons. The summed E-state index contributed by atoms with van der Waals surface area (Å²) < 4.78 is 5.06. The molecule has 2 unspecified atom stereocenters. The molecule has 1 saturated heterocycles. The van der Waals surface area contributed by atoms with Crippen molar-refractivity contribution < 1.29 is 19.4 Å². The molecular formula is C15H19NO4. The number of piperidine rings is 1. The van der Waals surface area contributed by atoms with E-state index < -0.39 is 11.9 Å². The van der Waals surface area contributed by atoms with E-state index in [9.17, 15) is 9.59 Å². The second-order valence-corrected chi connectivity index (χ2v) is 5.15. The minimum atomic E-state index is -0.829. The third kappa shape index (κ3) is 2.92. The SMILES string of the molecule is COc1ccc(C(=O)N2CC(C(=O)O)CCC2C)cc1. The van der Waals surface area contributed by atoms with Crippen molar-refractivity contribution in [2.75, 3.05) is 13.7 Å². The summed E-state index contributed by atoms with van der Waals surface area (Å²) in [4.78, 5) is 25.2. The molecule has 1 aromatic carbocycles. The largest absolute Gasteiger partial charge is 0.497 e. The van der Waals surface area contributed by atoms with E-state index in [-0.39, 0.29) is 18.5 Å². The molecule has 108 valence electrons. The molecule has 20 heavy (non-hydrogen) atoms. The molecule has 1 aromatic rings. The number of ether oxygens (including phenoxy) is 1. The lowest BCUT2D eigenvalue weighted by atomic mass is 9.93. The van der Waals surface area contributed by atoms with Gasteiger partial charge in [0.2, 0.25) is 0 Å². The number of nitrogens with zero attached hydrogens (tertiary/aromatic N) is 1. The normalized spacial score (nSPS) is 22.4. The van der Waals surface area contributed by atoms with Crippen LogP contribution in [0, 0.1) is 5.92 Å². The first-order valence-corrected chi connectivity index (χ1v) is 6.70. The number of hydrogen-bond acceptors (Lipinski definition) is 3. The minimum Gasteiger partial charge on any atom is -0.497 e. The van der Waals surface area contributed by atoms with Crippen molar-refractivity contribution in [2.24, 2.45) is 5.92 Å². The van der Waals surface area contributed by atoms with Gasteiger partial charge in [-0.25, -0.2) is 0 Å². The van der Waals surface area contributed by atoms with Crippen LogP contribution in [0.25, 0.3) is 0 Å². The van der Waals surface area contributed by atoms with Gasteiger partial charge in [-0.15, -0.1) is 0 Å². The lowest BCUT2D eigenvalue weighted by molar-refractivity contribution is -0.143. The Labute approximate surface area is 118 Å². The summed E-state index contributed by atoms with van der Waals surface area (Å²) in [6.07, 6.45) is 1.35. The summed E-state index contributed by atoms with van der Waals surface area (Å²) >= 11 is 0. The van der Waals surface area contributed by atoms with Crippen molar-refractivity contribution in [2.45, 2.75) is 25.8 Å². The molecule has 0 aromatic heterocycles. The summed E-state index contributed by atoms with van der Waals surface area (Å²) in [5.41, 5.74) is 0.559. The highest BCUT2D eigenvalue weighted by Gasteiger charge is 2.32. The highest BCUT2D eigenvalue weighted by molar-refractivity contribution is 5.95. The van der Waals surface area contributed by atoms with Crippen molar-refractivity contribution in [3.63, 3.8) is 0 Å². The minimum absolute atomic E-state index is 0.0696. The molecule has 1 aliphatic heterocycles. The van der Waals surface area contributed by atoms with Gasteiger partial charge in [-0.1, -0.05) is 0 Å². The van der Waals surface area contributed by atoms with Gasteiger partial charge >= 0.3 is 5.97 Å². The molecule has 1 fully saturated rings. The van der Waals surface area contributed by atoms with E-state index >= 15 is 0 Å². The highest BCUT2D eigenvalue weighted by atomic mass is 16.5. The quantitative estimate of drug-likeness (QED) is 0.918. The first kappa shape index (κ1) is 14.4. The lowest BCUT2D eigenvalue weighted by Gasteiger charge is -2.36. The van der Waals surface area contributed by atoms with E-state index in [1.807, 2.05) is 6.92 Å². The van der Waals surface area contributed by atoms with Crippen LogP contribution < -0.4 is 4.74 Å². The molecule has 5 nitrogen and oxygen atoms in total. The van der Waals surface area contributed by atoms with E-state index in [1.54, 1.807) is 36.3 Å². The van der Waals surface area contributed by atoms with Crippen molar-refractivity contribution >= 4 is 11.9 Å². The summed E-state index contributed by atoms with van der Waals surface area (Å²) in [5, 5.41) is 9.11. The number of carboxylic acid groups (broad SMARTS) is 1. The van der Waals surface area contributed by atoms with Crippen LogP contribution in [0.5, 0.6) is 5.75 Å². The summed E-state index contributed by atoms with van der Waals surface area (Å²) in [7, 11) is 1.57. The zero-order chi connectivity index (χ0) is 14.7. The average molecular weight is 277 g/mol. The maximum absolute atomic E-state index is 12.5. The van der Waals surface area contributed by atoms with E-state index in [2.05, 4.69) is 0 Å². The molecule has 1 aliphatic rings. The Kier molecular flexibility index (Phi) is 4.27. The number of amides is 1. The van der Waals surface area contributed by atoms with E-state index in [0.717, 1.165) is 6.42 Å². The Morgan fingerprint density at radius 1 is 1.25 bits per heavy atom. The Bertz CT molecular complexity index is 497. The van der Waals surface area contributed by atoms with Crippen LogP contribution >= 0.6 is 0 Å². The van der Waals surface area contributed by atoms with Crippen LogP contribution in [0.2, 0.25) is 0 Å². The van der Waals surface area contributed by atoms with Crippen LogP contribution in [0.1, 0.15) is 30.1 Å². The van der Waals surface area contributed by atoms with Crippen molar-refractivity contribution in [3.8, 4) is 5.75 Å². The van der Waals surface area contributed by atoms with Gasteiger partial charge in [-0.05, 0) is 44.0 Å². The van der Waals surface area contributed by atoms with Crippen LogP contribution in [-0.2, 0) is 4.79 Å². The molecule has 0 spiro atoms. The van der Waals surface area contributed by atoms with Crippen molar-refractivity contribution in [1.82, 2.24) is 4.90 Å². The fraction of sp³-hybridized carbons (Fsp3) is 0.467.